The highest BCUT2D eigenvalue weighted by molar-refractivity contribution is 7.98. The second kappa shape index (κ2) is 14.3. The van der Waals surface area contributed by atoms with Crippen molar-refractivity contribution in [2.75, 3.05) is 5.75 Å². The number of nitrogens with one attached hydrogen (secondary N) is 1. The van der Waals surface area contributed by atoms with Gasteiger partial charge in [-0.15, -0.1) is 0 Å². The van der Waals surface area contributed by atoms with Gasteiger partial charge in [0.15, 0.2) is 0 Å². The van der Waals surface area contributed by atoms with Crippen LogP contribution in [0, 0.1) is 0 Å². The lowest BCUT2D eigenvalue weighted by molar-refractivity contribution is -0.141. The summed E-state index contributed by atoms with van der Waals surface area (Å²) >= 11 is 8.01. The lowest BCUT2D eigenvalue weighted by Gasteiger charge is -2.32. The molecule has 1 fully saturated rings. The van der Waals surface area contributed by atoms with Crippen molar-refractivity contribution in [2.45, 2.75) is 62.9 Å². The molecule has 1 N–H and O–H groups in total. The summed E-state index contributed by atoms with van der Waals surface area (Å²) in [6.45, 7) is 0.346. The number of hydrogen-bond acceptors (Lipinski definition) is 3. The Morgan fingerprint density at radius 2 is 1.54 bits per heavy atom. The van der Waals surface area contributed by atoms with Gasteiger partial charge in [-0.2, -0.15) is 11.8 Å². The molecule has 1 saturated carbocycles. The SMILES string of the molecule is O=C(NC1CCCC1)[C@H](Cc1ccccc1)N(Cc1cccc(Cl)c1)C(=O)CCSCc1ccccc1. The number of carbonyl (C=O) groups is 2. The number of amides is 2. The number of nitrogens with zero attached hydrogens (tertiary/aromatic N) is 1. The van der Waals surface area contributed by atoms with E-state index in [0.717, 1.165) is 42.6 Å². The normalized spacial score (nSPS) is 14.3. The van der Waals surface area contributed by atoms with E-state index < -0.39 is 6.04 Å². The first-order chi connectivity index (χ1) is 18.1. The Balaban J connectivity index is 1.52. The van der Waals surface area contributed by atoms with E-state index in [1.807, 2.05) is 72.8 Å². The van der Waals surface area contributed by atoms with Crippen LogP contribution in [0.15, 0.2) is 84.9 Å². The molecule has 0 bridgehead atoms. The number of halogens is 1. The summed E-state index contributed by atoms with van der Waals surface area (Å²) in [6, 6.07) is 27.4. The average molecular weight is 535 g/mol. The predicted molar refractivity (Wildman–Crippen MR) is 154 cm³/mol. The highest BCUT2D eigenvalue weighted by Gasteiger charge is 2.32. The summed E-state index contributed by atoms with van der Waals surface area (Å²) in [5.74, 6) is 1.48. The molecule has 0 spiro atoms. The van der Waals surface area contributed by atoms with Crippen molar-refractivity contribution in [3.05, 3.63) is 107 Å². The van der Waals surface area contributed by atoms with Gasteiger partial charge in [0.1, 0.15) is 6.04 Å². The fourth-order valence-corrected chi connectivity index (χ4v) is 5.93. The lowest BCUT2D eigenvalue weighted by atomic mass is 10.0. The van der Waals surface area contributed by atoms with Crippen molar-refractivity contribution < 1.29 is 9.59 Å². The van der Waals surface area contributed by atoms with Crippen molar-refractivity contribution in [3.8, 4) is 0 Å². The number of thioether (sulfide) groups is 1. The quantitative estimate of drug-likeness (QED) is 0.264. The van der Waals surface area contributed by atoms with Gasteiger partial charge in [0, 0.05) is 42.0 Å². The summed E-state index contributed by atoms with van der Waals surface area (Å²) in [4.78, 5) is 29.2. The minimum atomic E-state index is -0.589. The molecular formula is C31H35ClN2O2S. The third kappa shape index (κ3) is 8.65. The van der Waals surface area contributed by atoms with E-state index in [9.17, 15) is 9.59 Å². The molecule has 0 aromatic heterocycles. The molecule has 3 aromatic rings. The van der Waals surface area contributed by atoms with Crippen LogP contribution in [0.5, 0.6) is 0 Å². The first-order valence-electron chi connectivity index (χ1n) is 13.1. The summed E-state index contributed by atoms with van der Waals surface area (Å²) < 4.78 is 0. The minimum absolute atomic E-state index is 0.0111. The van der Waals surface area contributed by atoms with Crippen LogP contribution in [-0.2, 0) is 28.3 Å². The predicted octanol–water partition coefficient (Wildman–Crippen LogP) is 6.66. The number of rotatable bonds is 12. The van der Waals surface area contributed by atoms with E-state index in [1.165, 1.54) is 5.56 Å². The molecule has 0 radical (unpaired) electrons. The largest absolute Gasteiger partial charge is 0.352 e. The molecular weight excluding hydrogens is 500 g/mol. The maximum absolute atomic E-state index is 13.7. The van der Waals surface area contributed by atoms with Crippen molar-refractivity contribution in [2.24, 2.45) is 0 Å². The van der Waals surface area contributed by atoms with Crippen molar-refractivity contribution in [3.63, 3.8) is 0 Å². The fraction of sp³-hybridized carbons (Fsp3) is 0.355. The Labute approximate surface area is 229 Å². The van der Waals surface area contributed by atoms with Gasteiger partial charge in [0.2, 0.25) is 11.8 Å². The van der Waals surface area contributed by atoms with Crippen LogP contribution in [0.3, 0.4) is 0 Å². The summed E-state index contributed by atoms with van der Waals surface area (Å²) in [5.41, 5.74) is 3.20. The third-order valence-corrected chi connectivity index (χ3v) is 8.05. The Morgan fingerprint density at radius 3 is 2.22 bits per heavy atom. The van der Waals surface area contributed by atoms with Gasteiger partial charge < -0.3 is 10.2 Å². The van der Waals surface area contributed by atoms with Gasteiger partial charge in [-0.3, -0.25) is 9.59 Å². The van der Waals surface area contributed by atoms with E-state index in [2.05, 4.69) is 17.4 Å². The maximum Gasteiger partial charge on any atom is 0.243 e. The molecule has 3 aromatic carbocycles. The smallest absolute Gasteiger partial charge is 0.243 e. The lowest BCUT2D eigenvalue weighted by Crippen LogP contribution is -2.52. The third-order valence-electron chi connectivity index (χ3n) is 6.79. The Morgan fingerprint density at radius 1 is 0.892 bits per heavy atom. The summed E-state index contributed by atoms with van der Waals surface area (Å²) in [6.07, 6.45) is 5.13. The summed E-state index contributed by atoms with van der Waals surface area (Å²) in [7, 11) is 0. The van der Waals surface area contributed by atoms with Gasteiger partial charge in [-0.1, -0.05) is 97.2 Å². The average Bonchev–Trinajstić information content (AvgIpc) is 3.43. The van der Waals surface area contributed by atoms with Crippen molar-refractivity contribution in [1.29, 1.82) is 0 Å². The minimum Gasteiger partial charge on any atom is -0.352 e. The molecule has 4 rings (SSSR count). The van der Waals surface area contributed by atoms with Crippen molar-refractivity contribution >= 4 is 35.2 Å². The topological polar surface area (TPSA) is 49.4 Å². The highest BCUT2D eigenvalue weighted by atomic mass is 35.5. The van der Waals surface area contributed by atoms with Crippen LogP contribution >= 0.6 is 23.4 Å². The van der Waals surface area contributed by atoms with Gasteiger partial charge in [-0.25, -0.2) is 0 Å². The van der Waals surface area contributed by atoms with E-state index in [4.69, 9.17) is 11.6 Å². The summed E-state index contributed by atoms with van der Waals surface area (Å²) in [5, 5.41) is 3.88. The zero-order valence-corrected chi connectivity index (χ0v) is 22.7. The number of hydrogen-bond donors (Lipinski definition) is 1. The van der Waals surface area contributed by atoms with Crippen LogP contribution in [0.4, 0.5) is 0 Å². The molecule has 4 nitrogen and oxygen atoms in total. The molecule has 2 amide bonds. The van der Waals surface area contributed by atoms with Crippen LogP contribution in [-0.4, -0.2) is 34.6 Å². The second-order valence-corrected chi connectivity index (χ2v) is 11.2. The Hall–Kier alpha value is -2.76. The van der Waals surface area contributed by atoms with E-state index in [0.29, 0.717) is 30.2 Å². The zero-order chi connectivity index (χ0) is 25.9. The molecule has 1 aliphatic rings. The van der Waals surface area contributed by atoms with Gasteiger partial charge in [0.25, 0.3) is 0 Å². The molecule has 0 heterocycles. The van der Waals surface area contributed by atoms with Gasteiger partial charge >= 0.3 is 0 Å². The molecule has 0 aliphatic heterocycles. The van der Waals surface area contributed by atoms with Gasteiger partial charge in [-0.05, 0) is 41.7 Å². The first-order valence-corrected chi connectivity index (χ1v) is 14.6. The molecule has 6 heteroatoms. The van der Waals surface area contributed by atoms with E-state index in [-0.39, 0.29) is 17.9 Å². The fourth-order valence-electron chi connectivity index (χ4n) is 4.82. The number of carbonyl (C=O) groups excluding carboxylic acids is 2. The molecule has 1 atom stereocenters. The standard InChI is InChI=1S/C31H35ClN2O2S/c32-27-15-9-14-26(20-27)22-34(30(35)18-19-37-23-25-12-5-2-6-13-25)29(21-24-10-3-1-4-11-24)31(36)33-28-16-7-8-17-28/h1-6,9-15,20,28-29H,7-8,16-19,21-23H2,(H,33,36)/t29-/m0/s1. The maximum atomic E-state index is 13.7. The van der Waals surface area contributed by atoms with Gasteiger partial charge in [0.05, 0.1) is 0 Å². The Kier molecular flexibility index (Phi) is 10.5. The van der Waals surface area contributed by atoms with Crippen LogP contribution < -0.4 is 5.32 Å². The number of benzene rings is 3. The van der Waals surface area contributed by atoms with Crippen LogP contribution in [0.2, 0.25) is 5.02 Å². The van der Waals surface area contributed by atoms with Crippen molar-refractivity contribution in [1.82, 2.24) is 10.2 Å². The highest BCUT2D eigenvalue weighted by Crippen LogP contribution is 2.22. The molecule has 0 saturated heterocycles. The Bertz CT molecular complexity index is 1140. The monoisotopic (exact) mass is 534 g/mol. The first kappa shape index (κ1) is 27.3. The van der Waals surface area contributed by atoms with Crippen LogP contribution in [0.1, 0.15) is 48.8 Å². The molecule has 0 unspecified atom stereocenters. The molecule has 37 heavy (non-hydrogen) atoms. The van der Waals surface area contributed by atoms with E-state index in [1.54, 1.807) is 16.7 Å². The second-order valence-electron chi connectivity index (χ2n) is 9.64. The zero-order valence-electron chi connectivity index (χ0n) is 21.2. The van der Waals surface area contributed by atoms with Crippen LogP contribution in [0.25, 0.3) is 0 Å². The van der Waals surface area contributed by atoms with E-state index >= 15 is 0 Å². The molecule has 1 aliphatic carbocycles. The molecule has 194 valence electrons.